The van der Waals surface area contributed by atoms with Crippen LogP contribution in [0.2, 0.25) is 0 Å². The van der Waals surface area contributed by atoms with E-state index in [0.29, 0.717) is 17.9 Å². The second-order valence-corrected chi connectivity index (χ2v) is 5.31. The van der Waals surface area contributed by atoms with Crippen molar-refractivity contribution in [2.75, 3.05) is 19.8 Å². The monoisotopic (exact) mass is 333 g/mol. The molecule has 0 aliphatic heterocycles. The summed E-state index contributed by atoms with van der Waals surface area (Å²) in [6, 6.07) is 5.44. The average Bonchev–Trinajstić information content (AvgIpc) is 2.53. The highest BCUT2D eigenvalue weighted by Gasteiger charge is 2.21. The number of allylic oxidation sites excluding steroid dienone is 1. The summed E-state index contributed by atoms with van der Waals surface area (Å²) in [7, 11) is 0. The average molecular weight is 333 g/mol. The molecule has 1 amide bonds. The SMILES string of the molecule is C=CCOCC(NC(=O)c1cccc(OCC=C(C)C)c1)C(=O)O. The zero-order valence-electron chi connectivity index (χ0n) is 14.0. The van der Waals surface area contributed by atoms with Crippen molar-refractivity contribution >= 4 is 11.9 Å². The highest BCUT2D eigenvalue weighted by molar-refractivity contribution is 5.96. The Morgan fingerprint density at radius 3 is 2.71 bits per heavy atom. The van der Waals surface area contributed by atoms with E-state index in [1.54, 1.807) is 24.3 Å². The number of carbonyl (C=O) groups is 2. The van der Waals surface area contributed by atoms with Crippen LogP contribution in [0.5, 0.6) is 5.75 Å². The Morgan fingerprint density at radius 1 is 1.33 bits per heavy atom. The highest BCUT2D eigenvalue weighted by Crippen LogP contribution is 2.13. The first-order valence-electron chi connectivity index (χ1n) is 7.52. The van der Waals surface area contributed by atoms with Crippen molar-refractivity contribution in [3.63, 3.8) is 0 Å². The normalized spacial score (nSPS) is 11.2. The van der Waals surface area contributed by atoms with E-state index in [9.17, 15) is 9.59 Å². The van der Waals surface area contributed by atoms with Crippen LogP contribution in [0.25, 0.3) is 0 Å². The number of rotatable bonds is 10. The molecule has 24 heavy (non-hydrogen) atoms. The lowest BCUT2D eigenvalue weighted by Crippen LogP contribution is -2.44. The second-order valence-electron chi connectivity index (χ2n) is 5.31. The number of ether oxygens (including phenoxy) is 2. The molecule has 0 aromatic heterocycles. The molecule has 0 heterocycles. The van der Waals surface area contributed by atoms with E-state index in [-0.39, 0.29) is 13.2 Å². The molecule has 0 saturated heterocycles. The summed E-state index contributed by atoms with van der Waals surface area (Å²) in [5.41, 5.74) is 1.45. The number of hydrogen-bond acceptors (Lipinski definition) is 4. The number of carboxylic acid groups (broad SMARTS) is 1. The minimum Gasteiger partial charge on any atom is -0.490 e. The molecule has 2 N–H and O–H groups in total. The Balaban J connectivity index is 2.69. The van der Waals surface area contributed by atoms with Gasteiger partial charge in [0.2, 0.25) is 0 Å². The minimum absolute atomic E-state index is 0.135. The Hall–Kier alpha value is -2.60. The highest BCUT2D eigenvalue weighted by atomic mass is 16.5. The fourth-order valence-electron chi connectivity index (χ4n) is 1.72. The van der Waals surface area contributed by atoms with Gasteiger partial charge in [-0.25, -0.2) is 4.79 Å². The van der Waals surface area contributed by atoms with E-state index in [0.717, 1.165) is 5.57 Å². The lowest BCUT2D eigenvalue weighted by Gasteiger charge is -2.14. The fourth-order valence-corrected chi connectivity index (χ4v) is 1.72. The van der Waals surface area contributed by atoms with Crippen molar-refractivity contribution in [1.82, 2.24) is 5.32 Å². The van der Waals surface area contributed by atoms with Gasteiger partial charge < -0.3 is 19.9 Å². The molecule has 6 heteroatoms. The summed E-state index contributed by atoms with van der Waals surface area (Å²) < 4.78 is 10.6. The van der Waals surface area contributed by atoms with Crippen molar-refractivity contribution in [1.29, 1.82) is 0 Å². The molecule has 0 saturated carbocycles. The van der Waals surface area contributed by atoms with Crippen LogP contribution in [-0.2, 0) is 9.53 Å². The molecular weight excluding hydrogens is 310 g/mol. The molecule has 1 rings (SSSR count). The number of benzene rings is 1. The van der Waals surface area contributed by atoms with E-state index in [1.165, 1.54) is 6.08 Å². The molecule has 1 aromatic carbocycles. The predicted octanol–water partition coefficient (Wildman–Crippen LogP) is 2.42. The van der Waals surface area contributed by atoms with Gasteiger partial charge in [0.1, 0.15) is 12.4 Å². The van der Waals surface area contributed by atoms with Crippen LogP contribution >= 0.6 is 0 Å². The first-order valence-corrected chi connectivity index (χ1v) is 7.52. The van der Waals surface area contributed by atoms with Crippen molar-refractivity contribution in [3.8, 4) is 5.75 Å². The van der Waals surface area contributed by atoms with Gasteiger partial charge in [0.05, 0.1) is 13.2 Å². The Kier molecular flexibility index (Phi) is 8.29. The van der Waals surface area contributed by atoms with Crippen molar-refractivity contribution in [2.45, 2.75) is 19.9 Å². The van der Waals surface area contributed by atoms with Gasteiger partial charge in [-0.2, -0.15) is 0 Å². The van der Waals surface area contributed by atoms with Crippen molar-refractivity contribution < 1.29 is 24.2 Å². The molecule has 1 atom stereocenters. The zero-order chi connectivity index (χ0) is 17.9. The number of amides is 1. The maximum Gasteiger partial charge on any atom is 0.328 e. The largest absolute Gasteiger partial charge is 0.490 e. The number of carboxylic acids is 1. The first kappa shape index (κ1) is 19.4. The van der Waals surface area contributed by atoms with E-state index in [2.05, 4.69) is 11.9 Å². The minimum atomic E-state index is -1.16. The van der Waals surface area contributed by atoms with E-state index >= 15 is 0 Å². The second kappa shape index (κ2) is 10.2. The van der Waals surface area contributed by atoms with Gasteiger partial charge in [-0.05, 0) is 38.1 Å². The predicted molar refractivity (Wildman–Crippen MR) is 91.3 cm³/mol. The van der Waals surface area contributed by atoms with Gasteiger partial charge in [0, 0.05) is 5.56 Å². The van der Waals surface area contributed by atoms with E-state index in [4.69, 9.17) is 14.6 Å². The maximum absolute atomic E-state index is 12.2. The molecule has 0 spiro atoms. The number of nitrogens with one attached hydrogen (secondary N) is 1. The Bertz CT molecular complexity index is 605. The molecule has 0 aliphatic rings. The third-order valence-corrected chi connectivity index (χ3v) is 2.96. The van der Waals surface area contributed by atoms with Crippen LogP contribution in [0.15, 0.2) is 48.6 Å². The standard InChI is InChI=1S/C18H23NO5/c1-4-9-23-12-16(18(21)22)19-17(20)14-6-5-7-15(11-14)24-10-8-13(2)3/h4-8,11,16H,1,9-10,12H2,2-3H3,(H,19,20)(H,21,22). The molecule has 0 bridgehead atoms. The Morgan fingerprint density at radius 2 is 2.08 bits per heavy atom. The summed E-state index contributed by atoms with van der Waals surface area (Å²) >= 11 is 0. The first-order chi connectivity index (χ1) is 11.4. The molecule has 0 fully saturated rings. The molecule has 6 nitrogen and oxygen atoms in total. The molecule has 1 unspecified atom stereocenters. The van der Waals surface area contributed by atoms with E-state index < -0.39 is 17.9 Å². The van der Waals surface area contributed by atoms with Crippen LogP contribution in [0.3, 0.4) is 0 Å². The molecule has 0 radical (unpaired) electrons. The number of carbonyl (C=O) groups excluding carboxylic acids is 1. The molecular formula is C18H23NO5. The summed E-state index contributed by atoms with van der Waals surface area (Å²) in [5, 5.41) is 11.6. The van der Waals surface area contributed by atoms with Crippen LogP contribution in [0.1, 0.15) is 24.2 Å². The van der Waals surface area contributed by atoms with Crippen LogP contribution in [-0.4, -0.2) is 42.8 Å². The van der Waals surface area contributed by atoms with Crippen LogP contribution in [0, 0.1) is 0 Å². The quantitative estimate of drug-likeness (QED) is 0.507. The summed E-state index contributed by atoms with van der Waals surface area (Å²) in [6.45, 7) is 7.89. The zero-order valence-corrected chi connectivity index (χ0v) is 14.0. The van der Waals surface area contributed by atoms with Gasteiger partial charge in [-0.1, -0.05) is 17.7 Å². The van der Waals surface area contributed by atoms with Gasteiger partial charge in [-0.15, -0.1) is 6.58 Å². The Labute approximate surface area is 141 Å². The van der Waals surface area contributed by atoms with Crippen molar-refractivity contribution in [3.05, 3.63) is 54.1 Å². The van der Waals surface area contributed by atoms with Crippen LogP contribution in [0.4, 0.5) is 0 Å². The molecule has 0 aliphatic carbocycles. The van der Waals surface area contributed by atoms with Gasteiger partial charge in [0.25, 0.3) is 5.91 Å². The summed E-state index contributed by atoms with van der Waals surface area (Å²) in [4.78, 5) is 23.4. The van der Waals surface area contributed by atoms with Crippen molar-refractivity contribution in [2.24, 2.45) is 0 Å². The third-order valence-electron chi connectivity index (χ3n) is 2.96. The van der Waals surface area contributed by atoms with Gasteiger partial charge >= 0.3 is 5.97 Å². The number of hydrogen-bond donors (Lipinski definition) is 2. The molecule has 1 aromatic rings. The topological polar surface area (TPSA) is 84.9 Å². The van der Waals surface area contributed by atoms with Crippen LogP contribution < -0.4 is 10.1 Å². The molecule has 130 valence electrons. The van der Waals surface area contributed by atoms with Gasteiger partial charge in [-0.3, -0.25) is 4.79 Å². The van der Waals surface area contributed by atoms with E-state index in [1.807, 2.05) is 19.9 Å². The maximum atomic E-state index is 12.2. The number of aliphatic carboxylic acids is 1. The lowest BCUT2D eigenvalue weighted by molar-refractivity contribution is -0.140. The fraction of sp³-hybridized carbons (Fsp3) is 0.333. The summed E-state index contributed by atoms with van der Waals surface area (Å²) in [5.74, 6) is -1.13. The lowest BCUT2D eigenvalue weighted by atomic mass is 10.2. The smallest absolute Gasteiger partial charge is 0.328 e. The summed E-state index contributed by atoms with van der Waals surface area (Å²) in [6.07, 6.45) is 3.43. The third kappa shape index (κ3) is 7.11. The van der Waals surface area contributed by atoms with Gasteiger partial charge in [0.15, 0.2) is 6.04 Å².